The molecule has 0 radical (unpaired) electrons. The third-order valence-electron chi connectivity index (χ3n) is 5.18. The van der Waals surface area contributed by atoms with Crippen molar-refractivity contribution in [1.82, 2.24) is 15.1 Å². The van der Waals surface area contributed by atoms with E-state index in [4.69, 9.17) is 5.10 Å². The van der Waals surface area contributed by atoms with Crippen LogP contribution in [0.5, 0.6) is 0 Å². The summed E-state index contributed by atoms with van der Waals surface area (Å²) in [6, 6.07) is 9.35. The van der Waals surface area contributed by atoms with Crippen molar-refractivity contribution in [2.75, 3.05) is 6.54 Å². The van der Waals surface area contributed by atoms with E-state index in [-0.39, 0.29) is 0 Å². The van der Waals surface area contributed by atoms with Crippen molar-refractivity contribution >= 4 is 10.9 Å². The molecule has 0 aliphatic heterocycles. The highest BCUT2D eigenvalue weighted by atomic mass is 15.3. The maximum absolute atomic E-state index is 4.87. The van der Waals surface area contributed by atoms with E-state index in [0.29, 0.717) is 6.04 Å². The highest BCUT2D eigenvalue weighted by Gasteiger charge is 2.32. The molecule has 1 saturated carbocycles. The van der Waals surface area contributed by atoms with Gasteiger partial charge >= 0.3 is 0 Å². The molecule has 1 aromatic carbocycles. The van der Waals surface area contributed by atoms with E-state index < -0.39 is 0 Å². The molecule has 3 atom stereocenters. The van der Waals surface area contributed by atoms with Crippen LogP contribution in [0.3, 0.4) is 0 Å². The van der Waals surface area contributed by atoms with Gasteiger partial charge in [0.1, 0.15) is 0 Å². The van der Waals surface area contributed by atoms with Crippen LogP contribution in [-0.4, -0.2) is 22.4 Å². The first-order chi connectivity index (χ1) is 10.2. The molecule has 0 amide bonds. The molecule has 2 aromatic rings. The number of aromatic nitrogens is 2. The number of para-hydroxylation sites is 1. The van der Waals surface area contributed by atoms with Gasteiger partial charge in [-0.1, -0.05) is 32.0 Å². The molecule has 3 heteroatoms. The molecule has 0 spiro atoms. The standard InChI is InChI=1S/C18H27N3/c1-4-19-16-11-10-14(13(16)3)12-17-15-8-6-7-9-18(15)21(5-2)20-17/h6-9,13-14,16,19H,4-5,10-12H2,1-3H3. The molecule has 1 N–H and O–H groups in total. The summed E-state index contributed by atoms with van der Waals surface area (Å²) in [5, 5.41) is 9.86. The minimum atomic E-state index is 0.694. The quantitative estimate of drug-likeness (QED) is 0.909. The lowest BCUT2D eigenvalue weighted by atomic mass is 9.90. The van der Waals surface area contributed by atoms with Gasteiger partial charge in [0.25, 0.3) is 0 Å². The second-order valence-electron chi connectivity index (χ2n) is 6.34. The zero-order chi connectivity index (χ0) is 14.8. The Kier molecular flexibility index (Phi) is 4.29. The lowest BCUT2D eigenvalue weighted by Crippen LogP contribution is -2.32. The van der Waals surface area contributed by atoms with Gasteiger partial charge in [-0.3, -0.25) is 4.68 Å². The fourth-order valence-corrected chi connectivity index (χ4v) is 3.92. The van der Waals surface area contributed by atoms with Crippen molar-refractivity contribution in [2.45, 2.75) is 52.6 Å². The Hall–Kier alpha value is -1.35. The van der Waals surface area contributed by atoms with Crippen LogP contribution in [0, 0.1) is 11.8 Å². The third-order valence-corrected chi connectivity index (χ3v) is 5.18. The second kappa shape index (κ2) is 6.18. The molecule has 3 nitrogen and oxygen atoms in total. The average Bonchev–Trinajstić information content (AvgIpc) is 3.03. The van der Waals surface area contributed by atoms with Gasteiger partial charge in [-0.05, 0) is 50.6 Å². The zero-order valence-electron chi connectivity index (χ0n) is 13.5. The zero-order valence-corrected chi connectivity index (χ0v) is 13.5. The number of benzene rings is 1. The maximum Gasteiger partial charge on any atom is 0.0706 e. The number of hydrogen-bond acceptors (Lipinski definition) is 2. The Bertz CT molecular complexity index is 602. The number of hydrogen-bond donors (Lipinski definition) is 1. The summed E-state index contributed by atoms with van der Waals surface area (Å²) in [6.07, 6.45) is 3.76. The van der Waals surface area contributed by atoms with Gasteiger partial charge in [0.15, 0.2) is 0 Å². The predicted molar refractivity (Wildman–Crippen MR) is 88.5 cm³/mol. The normalized spacial score (nSPS) is 25.8. The van der Waals surface area contributed by atoms with Gasteiger partial charge in [0, 0.05) is 18.0 Å². The van der Waals surface area contributed by atoms with E-state index >= 15 is 0 Å². The molecular weight excluding hydrogens is 258 g/mol. The first-order valence-electron chi connectivity index (χ1n) is 8.42. The predicted octanol–water partition coefficient (Wildman–Crippen LogP) is 3.62. The number of rotatable bonds is 5. The Morgan fingerprint density at radius 3 is 2.81 bits per heavy atom. The van der Waals surface area contributed by atoms with E-state index in [0.717, 1.165) is 31.3 Å². The third kappa shape index (κ3) is 2.71. The summed E-state index contributed by atoms with van der Waals surface area (Å²) >= 11 is 0. The Morgan fingerprint density at radius 2 is 2.05 bits per heavy atom. The topological polar surface area (TPSA) is 29.9 Å². The summed E-state index contributed by atoms with van der Waals surface area (Å²) in [6.45, 7) is 8.80. The van der Waals surface area contributed by atoms with Gasteiger partial charge < -0.3 is 5.32 Å². The van der Waals surface area contributed by atoms with Gasteiger partial charge in [-0.15, -0.1) is 0 Å². The SMILES string of the molecule is CCNC1CCC(Cc2nn(CC)c3ccccc23)C1C. The summed E-state index contributed by atoms with van der Waals surface area (Å²) < 4.78 is 2.14. The molecule has 1 aliphatic carbocycles. The molecule has 1 aromatic heterocycles. The minimum Gasteiger partial charge on any atom is -0.314 e. The van der Waals surface area contributed by atoms with Crippen LogP contribution >= 0.6 is 0 Å². The van der Waals surface area contributed by atoms with E-state index in [1.165, 1.54) is 29.4 Å². The molecule has 0 saturated heterocycles. The van der Waals surface area contributed by atoms with Crippen LogP contribution in [0.15, 0.2) is 24.3 Å². The molecule has 3 unspecified atom stereocenters. The first kappa shape index (κ1) is 14.6. The van der Waals surface area contributed by atoms with Crippen molar-refractivity contribution < 1.29 is 0 Å². The van der Waals surface area contributed by atoms with Gasteiger partial charge in [-0.25, -0.2) is 0 Å². The molecule has 0 bridgehead atoms. The number of nitrogens with zero attached hydrogens (tertiary/aromatic N) is 2. The first-order valence-corrected chi connectivity index (χ1v) is 8.42. The highest BCUT2D eigenvalue weighted by Crippen LogP contribution is 2.35. The average molecular weight is 285 g/mol. The largest absolute Gasteiger partial charge is 0.314 e. The van der Waals surface area contributed by atoms with Crippen LogP contribution < -0.4 is 5.32 Å². The fraction of sp³-hybridized carbons (Fsp3) is 0.611. The Morgan fingerprint density at radius 1 is 1.24 bits per heavy atom. The van der Waals surface area contributed by atoms with Crippen molar-refractivity contribution in [3.63, 3.8) is 0 Å². The van der Waals surface area contributed by atoms with Gasteiger partial charge in [0.2, 0.25) is 0 Å². The lowest BCUT2D eigenvalue weighted by molar-refractivity contribution is 0.353. The van der Waals surface area contributed by atoms with E-state index in [1.807, 2.05) is 0 Å². The van der Waals surface area contributed by atoms with Crippen LogP contribution in [0.4, 0.5) is 0 Å². The number of nitrogens with one attached hydrogen (secondary N) is 1. The minimum absolute atomic E-state index is 0.694. The lowest BCUT2D eigenvalue weighted by Gasteiger charge is -2.20. The monoisotopic (exact) mass is 285 g/mol. The van der Waals surface area contributed by atoms with E-state index in [2.05, 4.69) is 55.0 Å². The Balaban J connectivity index is 1.82. The summed E-state index contributed by atoms with van der Waals surface area (Å²) in [5.41, 5.74) is 2.57. The van der Waals surface area contributed by atoms with Gasteiger partial charge in [0.05, 0.1) is 11.2 Å². The number of aryl methyl sites for hydroxylation is 1. The molecule has 21 heavy (non-hydrogen) atoms. The van der Waals surface area contributed by atoms with Crippen LogP contribution in [0.1, 0.15) is 39.3 Å². The molecule has 3 rings (SSSR count). The van der Waals surface area contributed by atoms with E-state index in [1.54, 1.807) is 0 Å². The van der Waals surface area contributed by atoms with Crippen molar-refractivity contribution in [2.24, 2.45) is 11.8 Å². The second-order valence-corrected chi connectivity index (χ2v) is 6.34. The molecule has 1 aliphatic rings. The van der Waals surface area contributed by atoms with Crippen molar-refractivity contribution in [3.8, 4) is 0 Å². The summed E-state index contributed by atoms with van der Waals surface area (Å²) in [7, 11) is 0. The fourth-order valence-electron chi connectivity index (χ4n) is 3.92. The van der Waals surface area contributed by atoms with Crippen molar-refractivity contribution in [1.29, 1.82) is 0 Å². The van der Waals surface area contributed by atoms with Gasteiger partial charge in [-0.2, -0.15) is 5.10 Å². The molecule has 1 fully saturated rings. The molecule has 1 heterocycles. The molecular formula is C18H27N3. The number of fused-ring (bicyclic) bond motifs is 1. The Labute approximate surface area is 127 Å². The summed E-state index contributed by atoms with van der Waals surface area (Å²) in [4.78, 5) is 0. The van der Waals surface area contributed by atoms with Crippen LogP contribution in [0.2, 0.25) is 0 Å². The van der Waals surface area contributed by atoms with Crippen molar-refractivity contribution in [3.05, 3.63) is 30.0 Å². The molecule has 114 valence electrons. The highest BCUT2D eigenvalue weighted by molar-refractivity contribution is 5.81. The van der Waals surface area contributed by atoms with Crippen LogP contribution in [0.25, 0.3) is 10.9 Å². The van der Waals surface area contributed by atoms with E-state index in [9.17, 15) is 0 Å². The smallest absolute Gasteiger partial charge is 0.0706 e. The van der Waals surface area contributed by atoms with Crippen LogP contribution in [-0.2, 0) is 13.0 Å². The summed E-state index contributed by atoms with van der Waals surface area (Å²) in [5.74, 6) is 1.51. The maximum atomic E-state index is 4.87.